The third-order valence-electron chi connectivity index (χ3n) is 4.73. The van der Waals surface area contributed by atoms with Gasteiger partial charge in [0.15, 0.2) is 0 Å². The van der Waals surface area contributed by atoms with E-state index in [2.05, 4.69) is 30.0 Å². The molecule has 0 spiro atoms. The summed E-state index contributed by atoms with van der Waals surface area (Å²) in [5.41, 5.74) is 3.74. The molecule has 2 aromatic carbocycles. The van der Waals surface area contributed by atoms with Gasteiger partial charge in [0.25, 0.3) is 0 Å². The number of para-hydroxylation sites is 1. The minimum absolute atomic E-state index is 0.290. The Bertz CT molecular complexity index is 961. The third kappa shape index (κ3) is 3.30. The Balaban J connectivity index is 1.67. The van der Waals surface area contributed by atoms with Crippen molar-refractivity contribution in [2.45, 2.75) is 26.4 Å². The highest BCUT2D eigenvalue weighted by atomic mass is 16.5. The summed E-state index contributed by atoms with van der Waals surface area (Å²) in [6, 6.07) is 15.9. The molecule has 4 heteroatoms. The second-order valence-electron chi connectivity index (χ2n) is 6.44. The van der Waals surface area contributed by atoms with Crippen LogP contribution in [0.5, 0.6) is 5.75 Å². The molecule has 0 radical (unpaired) electrons. The highest BCUT2D eigenvalue weighted by molar-refractivity contribution is 5.80. The van der Waals surface area contributed by atoms with Crippen molar-refractivity contribution in [3.63, 3.8) is 0 Å². The van der Waals surface area contributed by atoms with E-state index in [1.807, 2.05) is 24.3 Å². The van der Waals surface area contributed by atoms with Crippen LogP contribution in [0.3, 0.4) is 0 Å². The first kappa shape index (κ1) is 15.9. The van der Waals surface area contributed by atoms with Crippen molar-refractivity contribution in [1.82, 2.24) is 4.90 Å². The van der Waals surface area contributed by atoms with Crippen LogP contribution in [0.4, 0.5) is 0 Å². The van der Waals surface area contributed by atoms with Gasteiger partial charge < -0.3 is 9.15 Å². The van der Waals surface area contributed by atoms with E-state index in [4.69, 9.17) is 9.15 Å². The fourth-order valence-corrected chi connectivity index (χ4v) is 3.38. The van der Waals surface area contributed by atoms with Gasteiger partial charge in [0, 0.05) is 36.7 Å². The minimum Gasteiger partial charge on any atom is -0.492 e. The molecular formula is C21H21NO3. The van der Waals surface area contributed by atoms with Crippen molar-refractivity contribution < 1.29 is 9.15 Å². The van der Waals surface area contributed by atoms with Crippen molar-refractivity contribution in [3.8, 4) is 5.75 Å². The van der Waals surface area contributed by atoms with Gasteiger partial charge in [-0.2, -0.15) is 0 Å². The van der Waals surface area contributed by atoms with Crippen molar-refractivity contribution in [2.75, 3.05) is 13.2 Å². The number of hydrogen-bond acceptors (Lipinski definition) is 4. The lowest BCUT2D eigenvalue weighted by Gasteiger charge is -2.20. The molecule has 4 nitrogen and oxygen atoms in total. The van der Waals surface area contributed by atoms with Gasteiger partial charge in [-0.15, -0.1) is 0 Å². The Kier molecular flexibility index (Phi) is 4.28. The van der Waals surface area contributed by atoms with Gasteiger partial charge in [-0.25, -0.2) is 4.79 Å². The number of aryl methyl sites for hydroxylation is 1. The Morgan fingerprint density at radius 1 is 1.12 bits per heavy atom. The molecule has 0 amide bonds. The second kappa shape index (κ2) is 6.73. The Morgan fingerprint density at radius 3 is 2.88 bits per heavy atom. The van der Waals surface area contributed by atoms with E-state index in [0.717, 1.165) is 36.2 Å². The van der Waals surface area contributed by atoms with Crippen LogP contribution in [0.25, 0.3) is 11.0 Å². The van der Waals surface area contributed by atoms with Crippen molar-refractivity contribution >= 4 is 11.0 Å². The lowest BCUT2D eigenvalue weighted by atomic mass is 10.1. The zero-order valence-electron chi connectivity index (χ0n) is 14.3. The molecule has 25 heavy (non-hydrogen) atoms. The molecule has 0 N–H and O–H groups in total. The molecular weight excluding hydrogens is 314 g/mol. The maximum Gasteiger partial charge on any atom is 0.336 e. The van der Waals surface area contributed by atoms with Crippen molar-refractivity contribution in [1.29, 1.82) is 0 Å². The van der Waals surface area contributed by atoms with Crippen LogP contribution in [0, 0.1) is 0 Å². The lowest BCUT2D eigenvalue weighted by molar-refractivity contribution is 0.220. The van der Waals surface area contributed by atoms with E-state index in [0.29, 0.717) is 18.7 Å². The summed E-state index contributed by atoms with van der Waals surface area (Å²) in [7, 11) is 0. The van der Waals surface area contributed by atoms with Crippen LogP contribution in [-0.2, 0) is 19.5 Å². The maximum atomic E-state index is 12.0. The molecule has 0 saturated carbocycles. The molecule has 128 valence electrons. The predicted molar refractivity (Wildman–Crippen MR) is 97.9 cm³/mol. The molecule has 1 aromatic heterocycles. The number of nitrogens with zero attached hydrogens (tertiary/aromatic N) is 1. The van der Waals surface area contributed by atoms with E-state index in [-0.39, 0.29) is 5.63 Å². The van der Waals surface area contributed by atoms with Crippen LogP contribution >= 0.6 is 0 Å². The molecule has 0 fully saturated rings. The van der Waals surface area contributed by atoms with Crippen molar-refractivity contribution in [3.05, 3.63) is 75.6 Å². The molecule has 0 saturated heterocycles. The Hall–Kier alpha value is -2.59. The van der Waals surface area contributed by atoms with Crippen LogP contribution in [0.15, 0.2) is 57.7 Å². The SMILES string of the molecule is CCc1ccc2c(CN3CCOc4ccccc4C3)cc(=O)oc2c1. The number of benzene rings is 2. The number of hydrogen-bond donors (Lipinski definition) is 0. The normalized spacial score (nSPS) is 14.8. The molecule has 1 aliphatic heterocycles. The number of fused-ring (bicyclic) bond motifs is 2. The first-order valence-electron chi connectivity index (χ1n) is 8.71. The molecule has 0 atom stereocenters. The van der Waals surface area contributed by atoms with Crippen LogP contribution < -0.4 is 10.4 Å². The van der Waals surface area contributed by atoms with E-state index in [9.17, 15) is 4.79 Å². The van der Waals surface area contributed by atoms with Gasteiger partial charge in [-0.05, 0) is 29.7 Å². The van der Waals surface area contributed by atoms with Gasteiger partial charge in [-0.1, -0.05) is 37.3 Å². The van der Waals surface area contributed by atoms with Crippen LogP contribution in [-0.4, -0.2) is 18.1 Å². The summed E-state index contributed by atoms with van der Waals surface area (Å²) in [6.07, 6.45) is 0.921. The fraction of sp³-hybridized carbons (Fsp3) is 0.286. The molecule has 2 heterocycles. The second-order valence-corrected chi connectivity index (χ2v) is 6.44. The monoisotopic (exact) mass is 335 g/mol. The summed E-state index contributed by atoms with van der Waals surface area (Å²) in [5, 5.41) is 1.01. The van der Waals surface area contributed by atoms with E-state index in [1.165, 1.54) is 11.1 Å². The summed E-state index contributed by atoms with van der Waals surface area (Å²) >= 11 is 0. The highest BCUT2D eigenvalue weighted by Crippen LogP contribution is 2.25. The standard InChI is InChI=1S/C21H21NO3/c1-2-15-7-8-18-17(12-21(23)25-20(18)11-15)14-22-9-10-24-19-6-4-3-5-16(19)13-22/h3-8,11-12H,2,9-10,13-14H2,1H3. The zero-order valence-corrected chi connectivity index (χ0v) is 14.3. The highest BCUT2D eigenvalue weighted by Gasteiger charge is 2.17. The predicted octanol–water partition coefficient (Wildman–Crippen LogP) is 3.75. The smallest absolute Gasteiger partial charge is 0.336 e. The van der Waals surface area contributed by atoms with Gasteiger partial charge in [0.05, 0.1) is 0 Å². The minimum atomic E-state index is -0.290. The molecule has 3 aromatic rings. The van der Waals surface area contributed by atoms with Crippen molar-refractivity contribution in [2.24, 2.45) is 0 Å². The first-order chi connectivity index (χ1) is 12.2. The number of ether oxygens (including phenoxy) is 1. The summed E-state index contributed by atoms with van der Waals surface area (Å²) < 4.78 is 11.3. The molecule has 0 bridgehead atoms. The molecule has 1 aliphatic rings. The van der Waals surface area contributed by atoms with Gasteiger partial charge in [0.2, 0.25) is 0 Å². The molecule has 4 rings (SSSR count). The van der Waals surface area contributed by atoms with E-state index >= 15 is 0 Å². The van der Waals surface area contributed by atoms with Gasteiger partial charge in [0.1, 0.15) is 17.9 Å². The number of rotatable bonds is 3. The fourth-order valence-electron chi connectivity index (χ4n) is 3.38. The molecule has 0 unspecified atom stereocenters. The van der Waals surface area contributed by atoms with E-state index < -0.39 is 0 Å². The summed E-state index contributed by atoms with van der Waals surface area (Å²) in [5.74, 6) is 0.954. The van der Waals surface area contributed by atoms with E-state index in [1.54, 1.807) is 6.07 Å². The average molecular weight is 335 g/mol. The third-order valence-corrected chi connectivity index (χ3v) is 4.73. The van der Waals surface area contributed by atoms with Gasteiger partial charge >= 0.3 is 5.63 Å². The average Bonchev–Trinajstić information content (AvgIpc) is 2.82. The Morgan fingerprint density at radius 2 is 2.00 bits per heavy atom. The largest absolute Gasteiger partial charge is 0.492 e. The Labute approximate surface area is 146 Å². The summed E-state index contributed by atoms with van der Waals surface area (Å²) in [6.45, 7) is 5.08. The topological polar surface area (TPSA) is 42.7 Å². The zero-order chi connectivity index (χ0) is 17.2. The van der Waals surface area contributed by atoms with Gasteiger partial charge in [-0.3, -0.25) is 4.90 Å². The maximum absolute atomic E-state index is 12.0. The lowest BCUT2D eigenvalue weighted by Crippen LogP contribution is -2.25. The van der Waals surface area contributed by atoms with Crippen LogP contribution in [0.2, 0.25) is 0 Å². The quantitative estimate of drug-likeness (QED) is 0.684. The van der Waals surface area contributed by atoms with Crippen LogP contribution in [0.1, 0.15) is 23.6 Å². The molecule has 0 aliphatic carbocycles. The first-order valence-corrected chi connectivity index (χ1v) is 8.71. The summed E-state index contributed by atoms with van der Waals surface area (Å²) in [4.78, 5) is 14.3.